The number of ether oxygens (including phenoxy) is 1. The summed E-state index contributed by atoms with van der Waals surface area (Å²) in [4.78, 5) is 10.7. The molecule has 1 aromatic rings. The van der Waals surface area contributed by atoms with Crippen molar-refractivity contribution in [3.8, 4) is 5.75 Å². The first-order valence-electron chi connectivity index (χ1n) is 3.45. The Bertz CT molecular complexity index is 311. The second-order valence-electron chi connectivity index (χ2n) is 2.43. The van der Waals surface area contributed by atoms with Gasteiger partial charge in [-0.2, -0.15) is 0 Å². The molecule has 1 aromatic heterocycles. The van der Waals surface area contributed by atoms with Crippen molar-refractivity contribution >= 4 is 5.97 Å². The second kappa shape index (κ2) is 2.89. The van der Waals surface area contributed by atoms with Gasteiger partial charge in [-0.25, -0.2) is 4.79 Å². The Kier molecular flexibility index (Phi) is 2.08. The summed E-state index contributed by atoms with van der Waals surface area (Å²) in [6, 6.07) is 0. The van der Waals surface area contributed by atoms with Gasteiger partial charge in [0.15, 0.2) is 5.75 Å². The predicted octanol–water partition coefficient (Wildman–Crippen LogP) is 1.60. The fourth-order valence-corrected chi connectivity index (χ4v) is 1.16. The zero-order valence-electron chi connectivity index (χ0n) is 7.17. The Labute approximate surface area is 69.8 Å². The number of aryl methyl sites for hydroxylation is 2. The van der Waals surface area contributed by atoms with E-state index < -0.39 is 5.97 Å². The molecule has 12 heavy (non-hydrogen) atoms. The zero-order chi connectivity index (χ0) is 9.30. The Morgan fingerprint density at radius 2 is 2.00 bits per heavy atom. The molecule has 1 rings (SSSR count). The lowest BCUT2D eigenvalue weighted by molar-refractivity contribution is 0.0692. The first kappa shape index (κ1) is 8.64. The van der Waals surface area contributed by atoms with Gasteiger partial charge in [0.2, 0.25) is 0 Å². The van der Waals surface area contributed by atoms with Crippen LogP contribution in [-0.2, 0) is 0 Å². The van der Waals surface area contributed by atoms with Crippen LogP contribution in [0.4, 0.5) is 0 Å². The first-order chi connectivity index (χ1) is 5.57. The molecule has 0 fully saturated rings. The first-order valence-corrected chi connectivity index (χ1v) is 3.45. The van der Waals surface area contributed by atoms with Crippen LogP contribution in [0.3, 0.4) is 0 Å². The molecule has 0 aliphatic heterocycles. The minimum absolute atomic E-state index is 0.106. The molecule has 0 atom stereocenters. The highest BCUT2D eigenvalue weighted by Crippen LogP contribution is 2.28. The number of carbonyl (C=O) groups is 1. The Hall–Kier alpha value is -1.45. The summed E-state index contributed by atoms with van der Waals surface area (Å²) < 4.78 is 9.98. The summed E-state index contributed by atoms with van der Waals surface area (Å²) in [7, 11) is 1.42. The van der Waals surface area contributed by atoms with Crippen molar-refractivity contribution in [1.29, 1.82) is 0 Å². The Morgan fingerprint density at radius 1 is 1.42 bits per heavy atom. The normalized spacial score (nSPS) is 9.92. The summed E-state index contributed by atoms with van der Waals surface area (Å²) in [5, 5.41) is 8.75. The maximum Gasteiger partial charge on any atom is 0.343 e. The molecule has 0 radical (unpaired) electrons. The average molecular weight is 170 g/mol. The third-order valence-electron chi connectivity index (χ3n) is 1.62. The Morgan fingerprint density at radius 3 is 2.33 bits per heavy atom. The van der Waals surface area contributed by atoms with E-state index in [1.165, 1.54) is 7.11 Å². The highest BCUT2D eigenvalue weighted by atomic mass is 16.5. The van der Waals surface area contributed by atoms with Gasteiger partial charge in [-0.1, -0.05) is 0 Å². The minimum Gasteiger partial charge on any atom is -0.492 e. The molecule has 0 aromatic carbocycles. The maximum absolute atomic E-state index is 10.7. The standard InChI is InChI=1S/C8H10O4/c1-4-6(8(9)10)7(11-3)5(2)12-4/h1-3H3,(H,9,10). The topological polar surface area (TPSA) is 59.7 Å². The molecule has 0 saturated carbocycles. The molecular weight excluding hydrogens is 160 g/mol. The zero-order valence-corrected chi connectivity index (χ0v) is 7.17. The summed E-state index contributed by atoms with van der Waals surface area (Å²) in [6.07, 6.45) is 0. The van der Waals surface area contributed by atoms with Crippen molar-refractivity contribution in [3.05, 3.63) is 17.1 Å². The van der Waals surface area contributed by atoms with E-state index in [0.29, 0.717) is 17.3 Å². The summed E-state index contributed by atoms with van der Waals surface area (Å²) in [5.41, 5.74) is 0.106. The van der Waals surface area contributed by atoms with Gasteiger partial charge < -0.3 is 14.3 Å². The van der Waals surface area contributed by atoms with E-state index in [4.69, 9.17) is 14.3 Å². The molecule has 0 spiro atoms. The molecule has 1 N–H and O–H groups in total. The van der Waals surface area contributed by atoms with Crippen LogP contribution in [0.2, 0.25) is 0 Å². The number of hydrogen-bond acceptors (Lipinski definition) is 3. The van der Waals surface area contributed by atoms with Crippen LogP contribution in [0.1, 0.15) is 21.9 Å². The number of methoxy groups -OCH3 is 1. The number of carboxylic acid groups (broad SMARTS) is 1. The number of rotatable bonds is 2. The summed E-state index contributed by atoms with van der Waals surface area (Å²) >= 11 is 0. The smallest absolute Gasteiger partial charge is 0.343 e. The van der Waals surface area contributed by atoms with E-state index in [2.05, 4.69) is 0 Å². The van der Waals surface area contributed by atoms with Crippen LogP contribution < -0.4 is 4.74 Å². The fourth-order valence-electron chi connectivity index (χ4n) is 1.16. The number of furan rings is 1. The molecule has 66 valence electrons. The van der Waals surface area contributed by atoms with Gasteiger partial charge in [0.25, 0.3) is 0 Å². The van der Waals surface area contributed by atoms with Crippen molar-refractivity contribution < 1.29 is 19.1 Å². The maximum atomic E-state index is 10.7. The van der Waals surface area contributed by atoms with Crippen molar-refractivity contribution in [1.82, 2.24) is 0 Å². The van der Waals surface area contributed by atoms with Gasteiger partial charge in [-0.3, -0.25) is 0 Å². The van der Waals surface area contributed by atoms with E-state index in [1.807, 2.05) is 0 Å². The van der Waals surface area contributed by atoms with E-state index in [9.17, 15) is 4.79 Å². The third-order valence-corrected chi connectivity index (χ3v) is 1.62. The van der Waals surface area contributed by atoms with Crippen molar-refractivity contribution in [2.24, 2.45) is 0 Å². The lowest BCUT2D eigenvalue weighted by atomic mass is 10.2. The quantitative estimate of drug-likeness (QED) is 0.732. The molecule has 0 amide bonds. The molecule has 0 aliphatic carbocycles. The molecule has 1 heterocycles. The van der Waals surface area contributed by atoms with Crippen LogP contribution in [0.25, 0.3) is 0 Å². The van der Waals surface area contributed by atoms with Gasteiger partial charge >= 0.3 is 5.97 Å². The van der Waals surface area contributed by atoms with E-state index in [0.717, 1.165) is 0 Å². The molecule has 0 bridgehead atoms. The lowest BCUT2D eigenvalue weighted by Gasteiger charge is -1.97. The summed E-state index contributed by atoms with van der Waals surface area (Å²) in [5.74, 6) is 0.144. The molecule has 0 unspecified atom stereocenters. The van der Waals surface area contributed by atoms with Gasteiger partial charge in [-0.15, -0.1) is 0 Å². The van der Waals surface area contributed by atoms with Crippen molar-refractivity contribution in [2.75, 3.05) is 7.11 Å². The fraction of sp³-hybridized carbons (Fsp3) is 0.375. The molecule has 4 nitrogen and oxygen atoms in total. The predicted molar refractivity (Wildman–Crippen MR) is 41.7 cm³/mol. The highest BCUT2D eigenvalue weighted by molar-refractivity contribution is 5.92. The van der Waals surface area contributed by atoms with Crippen molar-refractivity contribution in [2.45, 2.75) is 13.8 Å². The number of carboxylic acids is 1. The van der Waals surface area contributed by atoms with Crippen LogP contribution in [0, 0.1) is 13.8 Å². The van der Waals surface area contributed by atoms with Crippen molar-refractivity contribution in [3.63, 3.8) is 0 Å². The van der Waals surface area contributed by atoms with Gasteiger partial charge in [0, 0.05) is 0 Å². The molecule has 4 heteroatoms. The Balaban J connectivity index is 3.32. The number of aromatic carboxylic acids is 1. The van der Waals surface area contributed by atoms with Gasteiger partial charge in [0.1, 0.15) is 17.1 Å². The van der Waals surface area contributed by atoms with Crippen LogP contribution in [-0.4, -0.2) is 18.2 Å². The minimum atomic E-state index is -1.03. The largest absolute Gasteiger partial charge is 0.492 e. The SMILES string of the molecule is COc1c(C)oc(C)c1C(=O)O. The average Bonchev–Trinajstić information content (AvgIpc) is 2.24. The third kappa shape index (κ3) is 1.15. The molecule has 0 saturated heterocycles. The van der Waals surface area contributed by atoms with Gasteiger partial charge in [0.05, 0.1) is 7.11 Å². The second-order valence-corrected chi connectivity index (χ2v) is 2.43. The highest BCUT2D eigenvalue weighted by Gasteiger charge is 2.21. The lowest BCUT2D eigenvalue weighted by Crippen LogP contribution is -1.99. The monoisotopic (exact) mass is 170 g/mol. The molecule has 0 aliphatic rings. The number of hydrogen-bond donors (Lipinski definition) is 1. The molecular formula is C8H10O4. The van der Waals surface area contributed by atoms with E-state index in [1.54, 1.807) is 13.8 Å². The van der Waals surface area contributed by atoms with Crippen LogP contribution in [0.5, 0.6) is 5.75 Å². The summed E-state index contributed by atoms with van der Waals surface area (Å²) in [6.45, 7) is 3.26. The van der Waals surface area contributed by atoms with Gasteiger partial charge in [-0.05, 0) is 13.8 Å². The van der Waals surface area contributed by atoms with Crippen LogP contribution >= 0.6 is 0 Å². The van der Waals surface area contributed by atoms with Crippen LogP contribution in [0.15, 0.2) is 4.42 Å². The van der Waals surface area contributed by atoms with E-state index >= 15 is 0 Å². The van der Waals surface area contributed by atoms with E-state index in [-0.39, 0.29) is 5.56 Å².